The maximum Gasteiger partial charge on any atom is 0.220 e. The molecule has 1 amide bonds. The van der Waals surface area contributed by atoms with Crippen molar-refractivity contribution >= 4 is 16.9 Å². The molecule has 0 saturated carbocycles. The van der Waals surface area contributed by atoms with Crippen LogP contribution in [0.2, 0.25) is 0 Å². The SMILES string of the molecule is O=C(CCc1ccccc1)NCCCc1nc2ccccc2n1Cc1ccccc1. The molecule has 0 radical (unpaired) electrons. The minimum absolute atomic E-state index is 0.108. The van der Waals surface area contributed by atoms with Crippen molar-refractivity contribution < 1.29 is 4.79 Å². The van der Waals surface area contributed by atoms with E-state index in [9.17, 15) is 4.79 Å². The Kier molecular flexibility index (Phi) is 6.55. The van der Waals surface area contributed by atoms with Gasteiger partial charge in [-0.3, -0.25) is 4.79 Å². The number of rotatable bonds is 9. The lowest BCUT2D eigenvalue weighted by Gasteiger charge is -2.10. The third-order valence-electron chi connectivity index (χ3n) is 5.30. The highest BCUT2D eigenvalue weighted by molar-refractivity contribution is 5.76. The van der Waals surface area contributed by atoms with E-state index in [1.807, 2.05) is 30.3 Å². The van der Waals surface area contributed by atoms with E-state index < -0.39 is 0 Å². The summed E-state index contributed by atoms with van der Waals surface area (Å²) in [6, 6.07) is 28.9. The zero-order valence-electron chi connectivity index (χ0n) is 17.1. The number of benzene rings is 3. The Bertz CT molecular complexity index is 1090. The minimum Gasteiger partial charge on any atom is -0.356 e. The molecule has 4 aromatic rings. The van der Waals surface area contributed by atoms with E-state index in [1.165, 1.54) is 11.1 Å². The highest BCUT2D eigenvalue weighted by Gasteiger charge is 2.11. The Labute approximate surface area is 177 Å². The number of hydrogen-bond acceptors (Lipinski definition) is 2. The van der Waals surface area contributed by atoms with Crippen molar-refractivity contribution in [2.24, 2.45) is 0 Å². The molecule has 0 bridgehead atoms. The molecule has 4 nitrogen and oxygen atoms in total. The van der Waals surface area contributed by atoms with Crippen LogP contribution in [0.15, 0.2) is 84.9 Å². The molecule has 4 rings (SSSR count). The van der Waals surface area contributed by atoms with Gasteiger partial charge in [0.25, 0.3) is 0 Å². The van der Waals surface area contributed by atoms with Gasteiger partial charge in [0.05, 0.1) is 11.0 Å². The summed E-state index contributed by atoms with van der Waals surface area (Å²) < 4.78 is 2.29. The molecule has 0 fully saturated rings. The van der Waals surface area contributed by atoms with E-state index in [0.717, 1.165) is 42.7 Å². The van der Waals surface area contributed by atoms with E-state index in [1.54, 1.807) is 0 Å². The van der Waals surface area contributed by atoms with Gasteiger partial charge in [0, 0.05) is 25.9 Å². The fraction of sp³-hybridized carbons (Fsp3) is 0.231. The normalized spacial score (nSPS) is 10.9. The van der Waals surface area contributed by atoms with Gasteiger partial charge in [-0.1, -0.05) is 72.8 Å². The van der Waals surface area contributed by atoms with Crippen molar-refractivity contribution in [1.29, 1.82) is 0 Å². The van der Waals surface area contributed by atoms with E-state index in [4.69, 9.17) is 4.98 Å². The zero-order chi connectivity index (χ0) is 20.6. The highest BCUT2D eigenvalue weighted by Crippen LogP contribution is 2.19. The highest BCUT2D eigenvalue weighted by atomic mass is 16.1. The van der Waals surface area contributed by atoms with Gasteiger partial charge in [0.15, 0.2) is 0 Å². The zero-order valence-corrected chi connectivity index (χ0v) is 17.1. The van der Waals surface area contributed by atoms with Crippen LogP contribution in [-0.2, 0) is 24.2 Å². The molecule has 0 aliphatic rings. The average Bonchev–Trinajstić information content (AvgIpc) is 3.14. The Morgan fingerprint density at radius 3 is 2.23 bits per heavy atom. The summed E-state index contributed by atoms with van der Waals surface area (Å²) in [5.41, 5.74) is 4.64. The quantitative estimate of drug-likeness (QED) is 0.414. The van der Waals surface area contributed by atoms with E-state index >= 15 is 0 Å². The first-order chi connectivity index (χ1) is 14.8. The van der Waals surface area contributed by atoms with Gasteiger partial charge in [-0.25, -0.2) is 4.98 Å². The molecule has 3 aromatic carbocycles. The first-order valence-electron chi connectivity index (χ1n) is 10.6. The average molecular weight is 398 g/mol. The Hall–Kier alpha value is -3.40. The van der Waals surface area contributed by atoms with Crippen LogP contribution in [0.25, 0.3) is 11.0 Å². The molecule has 0 aliphatic carbocycles. The Morgan fingerprint density at radius 1 is 0.800 bits per heavy atom. The van der Waals surface area contributed by atoms with Crippen LogP contribution < -0.4 is 5.32 Å². The summed E-state index contributed by atoms with van der Waals surface area (Å²) in [5, 5.41) is 3.05. The number of hydrogen-bond donors (Lipinski definition) is 1. The second-order valence-corrected chi connectivity index (χ2v) is 7.53. The molecule has 30 heavy (non-hydrogen) atoms. The summed E-state index contributed by atoms with van der Waals surface area (Å²) >= 11 is 0. The maximum absolute atomic E-state index is 12.1. The second kappa shape index (κ2) is 9.88. The Morgan fingerprint density at radius 2 is 1.47 bits per heavy atom. The largest absolute Gasteiger partial charge is 0.356 e. The van der Waals surface area contributed by atoms with Gasteiger partial charge in [-0.15, -0.1) is 0 Å². The monoisotopic (exact) mass is 397 g/mol. The van der Waals surface area contributed by atoms with Gasteiger partial charge >= 0.3 is 0 Å². The Balaban J connectivity index is 1.33. The molecule has 1 N–H and O–H groups in total. The van der Waals surface area contributed by atoms with Crippen molar-refractivity contribution in [2.75, 3.05) is 6.54 Å². The number of carbonyl (C=O) groups excluding carboxylic acids is 1. The van der Waals surface area contributed by atoms with Crippen LogP contribution in [0.4, 0.5) is 0 Å². The first kappa shape index (κ1) is 19.9. The van der Waals surface area contributed by atoms with Gasteiger partial charge in [-0.05, 0) is 36.1 Å². The van der Waals surface area contributed by atoms with Crippen LogP contribution in [-0.4, -0.2) is 22.0 Å². The van der Waals surface area contributed by atoms with Crippen LogP contribution >= 0.6 is 0 Å². The number of para-hydroxylation sites is 2. The predicted molar refractivity (Wildman–Crippen MR) is 121 cm³/mol. The predicted octanol–water partition coefficient (Wildman–Crippen LogP) is 4.77. The van der Waals surface area contributed by atoms with Crippen molar-refractivity contribution in [1.82, 2.24) is 14.9 Å². The number of nitrogens with zero attached hydrogens (tertiary/aromatic N) is 2. The number of aromatic nitrogens is 2. The van der Waals surface area contributed by atoms with Gasteiger partial charge < -0.3 is 9.88 Å². The summed E-state index contributed by atoms with van der Waals surface area (Å²) in [6.07, 6.45) is 3.01. The van der Waals surface area contributed by atoms with Gasteiger partial charge in [0.2, 0.25) is 5.91 Å². The topological polar surface area (TPSA) is 46.9 Å². The molecule has 1 aromatic heterocycles. The molecule has 0 aliphatic heterocycles. The molecule has 0 atom stereocenters. The summed E-state index contributed by atoms with van der Waals surface area (Å²) in [5.74, 6) is 1.18. The van der Waals surface area contributed by atoms with Crippen molar-refractivity contribution in [3.8, 4) is 0 Å². The summed E-state index contributed by atoms with van der Waals surface area (Å²) in [6.45, 7) is 1.47. The summed E-state index contributed by atoms with van der Waals surface area (Å²) in [4.78, 5) is 17.0. The van der Waals surface area contributed by atoms with Crippen molar-refractivity contribution in [3.63, 3.8) is 0 Å². The van der Waals surface area contributed by atoms with Crippen LogP contribution in [0, 0.1) is 0 Å². The van der Waals surface area contributed by atoms with Crippen molar-refractivity contribution in [2.45, 2.75) is 32.2 Å². The van der Waals surface area contributed by atoms with E-state index in [2.05, 4.69) is 64.5 Å². The number of aryl methyl sites for hydroxylation is 2. The smallest absolute Gasteiger partial charge is 0.220 e. The first-order valence-corrected chi connectivity index (χ1v) is 10.6. The van der Waals surface area contributed by atoms with Crippen LogP contribution in [0.3, 0.4) is 0 Å². The van der Waals surface area contributed by atoms with Crippen LogP contribution in [0.1, 0.15) is 29.8 Å². The fourth-order valence-corrected chi connectivity index (χ4v) is 3.72. The molecular formula is C26H27N3O. The number of fused-ring (bicyclic) bond motifs is 1. The molecule has 152 valence electrons. The van der Waals surface area contributed by atoms with Gasteiger partial charge in [0.1, 0.15) is 5.82 Å². The fourth-order valence-electron chi connectivity index (χ4n) is 3.72. The number of amides is 1. The lowest BCUT2D eigenvalue weighted by Crippen LogP contribution is -2.25. The number of carbonyl (C=O) groups is 1. The third-order valence-corrected chi connectivity index (χ3v) is 5.30. The van der Waals surface area contributed by atoms with Crippen LogP contribution in [0.5, 0.6) is 0 Å². The molecule has 0 unspecified atom stereocenters. The van der Waals surface area contributed by atoms with E-state index in [-0.39, 0.29) is 5.91 Å². The minimum atomic E-state index is 0.108. The lowest BCUT2D eigenvalue weighted by atomic mass is 10.1. The molecule has 4 heteroatoms. The molecule has 0 saturated heterocycles. The van der Waals surface area contributed by atoms with Crippen molar-refractivity contribution in [3.05, 3.63) is 102 Å². The maximum atomic E-state index is 12.1. The lowest BCUT2D eigenvalue weighted by molar-refractivity contribution is -0.121. The van der Waals surface area contributed by atoms with Gasteiger partial charge in [-0.2, -0.15) is 0 Å². The molecule has 1 heterocycles. The third kappa shape index (κ3) is 5.15. The summed E-state index contributed by atoms with van der Waals surface area (Å²) in [7, 11) is 0. The number of imidazole rings is 1. The second-order valence-electron chi connectivity index (χ2n) is 7.53. The molecule has 0 spiro atoms. The van der Waals surface area contributed by atoms with E-state index in [0.29, 0.717) is 13.0 Å². The number of nitrogens with one attached hydrogen (secondary N) is 1. The standard InChI is InChI=1S/C26H27N3O/c30-26(18-17-21-10-3-1-4-11-21)27-19-9-16-25-28-23-14-7-8-15-24(23)29(25)20-22-12-5-2-6-13-22/h1-8,10-15H,9,16-20H2,(H,27,30). The molecular weight excluding hydrogens is 370 g/mol.